The summed E-state index contributed by atoms with van der Waals surface area (Å²) in [6.45, 7) is 0.318. The molecule has 1 heterocycles. The number of methoxy groups -OCH3 is 1. The van der Waals surface area contributed by atoms with Crippen molar-refractivity contribution in [2.45, 2.75) is 13.0 Å². The average Bonchev–Trinajstić information content (AvgIpc) is 2.60. The van der Waals surface area contributed by atoms with Crippen molar-refractivity contribution in [2.75, 3.05) is 13.7 Å². The first-order valence-electron chi connectivity index (χ1n) is 7.48. The molecular weight excluding hydrogens is 332 g/mol. The molecule has 1 aromatic heterocycles. The molecule has 0 atom stereocenters. The zero-order valence-electron chi connectivity index (χ0n) is 13.5. The highest BCUT2D eigenvalue weighted by atomic mass is 19.1. The number of carbonyl (C=O) groups excluding carboxylic acids is 2. The van der Waals surface area contributed by atoms with Crippen LogP contribution in [0, 0.1) is 11.6 Å². The van der Waals surface area contributed by atoms with E-state index in [1.165, 1.54) is 7.11 Å². The number of nitrogens with zero attached hydrogens (tertiary/aromatic N) is 1. The molecular formula is C17H17F2N3O3. The Kier molecular flexibility index (Phi) is 6.39. The summed E-state index contributed by atoms with van der Waals surface area (Å²) in [5.41, 5.74) is 0.526. The zero-order chi connectivity index (χ0) is 18.2. The van der Waals surface area contributed by atoms with Gasteiger partial charge in [0, 0.05) is 37.8 Å². The van der Waals surface area contributed by atoms with Gasteiger partial charge in [-0.05, 0) is 17.7 Å². The molecule has 0 saturated heterocycles. The summed E-state index contributed by atoms with van der Waals surface area (Å²) in [5, 5.41) is 5.09. The van der Waals surface area contributed by atoms with Crippen LogP contribution < -0.4 is 15.4 Å². The number of nitrogens with one attached hydrogen (secondary N) is 2. The van der Waals surface area contributed by atoms with Crippen molar-refractivity contribution in [3.63, 3.8) is 0 Å². The summed E-state index contributed by atoms with van der Waals surface area (Å²) in [5.74, 6) is -2.22. The van der Waals surface area contributed by atoms with Gasteiger partial charge in [-0.15, -0.1) is 0 Å². The maximum atomic E-state index is 13.5. The lowest BCUT2D eigenvalue weighted by Crippen LogP contribution is -2.31. The molecule has 0 spiro atoms. The van der Waals surface area contributed by atoms with Crippen LogP contribution in [0.3, 0.4) is 0 Å². The molecule has 25 heavy (non-hydrogen) atoms. The molecule has 2 rings (SSSR count). The van der Waals surface area contributed by atoms with E-state index in [-0.39, 0.29) is 31.0 Å². The van der Waals surface area contributed by atoms with Crippen LogP contribution in [0.1, 0.15) is 22.3 Å². The second kappa shape index (κ2) is 8.72. The number of aromatic nitrogens is 1. The molecule has 8 heteroatoms. The van der Waals surface area contributed by atoms with Gasteiger partial charge in [0.25, 0.3) is 5.91 Å². The van der Waals surface area contributed by atoms with Crippen LogP contribution in [0.25, 0.3) is 0 Å². The normalized spacial score (nSPS) is 10.2. The van der Waals surface area contributed by atoms with Gasteiger partial charge in [0.2, 0.25) is 11.8 Å². The third-order valence-corrected chi connectivity index (χ3v) is 3.31. The van der Waals surface area contributed by atoms with Gasteiger partial charge in [0.1, 0.15) is 11.6 Å². The number of ether oxygens (including phenoxy) is 1. The molecule has 2 aromatic rings. The number of hydrogen-bond donors (Lipinski definition) is 2. The first kappa shape index (κ1) is 18.3. The predicted octanol–water partition coefficient (Wildman–Crippen LogP) is 1.80. The first-order chi connectivity index (χ1) is 12.0. The third-order valence-electron chi connectivity index (χ3n) is 3.31. The molecule has 0 bridgehead atoms. The molecule has 6 nitrogen and oxygen atoms in total. The summed E-state index contributed by atoms with van der Waals surface area (Å²) in [6, 6.07) is 6.12. The highest BCUT2D eigenvalue weighted by Gasteiger charge is 2.12. The molecule has 2 amide bonds. The van der Waals surface area contributed by atoms with E-state index in [1.807, 2.05) is 0 Å². The van der Waals surface area contributed by atoms with E-state index in [0.717, 1.165) is 17.7 Å². The van der Waals surface area contributed by atoms with Crippen molar-refractivity contribution in [2.24, 2.45) is 0 Å². The lowest BCUT2D eigenvalue weighted by Gasteiger charge is -2.08. The molecule has 0 aliphatic carbocycles. The Morgan fingerprint density at radius 3 is 2.60 bits per heavy atom. The number of rotatable bonds is 7. The van der Waals surface area contributed by atoms with Gasteiger partial charge in [-0.2, -0.15) is 0 Å². The molecule has 0 radical (unpaired) electrons. The summed E-state index contributed by atoms with van der Waals surface area (Å²) in [4.78, 5) is 27.5. The number of hydrogen-bond acceptors (Lipinski definition) is 4. The van der Waals surface area contributed by atoms with Crippen LogP contribution in [-0.2, 0) is 11.3 Å². The molecule has 0 saturated carbocycles. The Bertz CT molecular complexity index is 751. The van der Waals surface area contributed by atoms with Crippen LogP contribution in [0.5, 0.6) is 5.88 Å². The third kappa shape index (κ3) is 5.52. The minimum atomic E-state index is -0.950. The smallest absolute Gasteiger partial charge is 0.254 e. The van der Waals surface area contributed by atoms with E-state index in [9.17, 15) is 18.4 Å². The molecule has 0 fully saturated rings. The fourth-order valence-corrected chi connectivity index (χ4v) is 1.98. The number of amides is 2. The number of halogens is 2. The zero-order valence-corrected chi connectivity index (χ0v) is 13.5. The second-order valence-electron chi connectivity index (χ2n) is 5.12. The lowest BCUT2D eigenvalue weighted by atomic mass is 10.2. The summed E-state index contributed by atoms with van der Waals surface area (Å²) in [6.07, 6.45) is 1.61. The summed E-state index contributed by atoms with van der Waals surface area (Å²) < 4.78 is 31.2. The Hall–Kier alpha value is -3.03. The topological polar surface area (TPSA) is 80.3 Å². The van der Waals surface area contributed by atoms with Crippen LogP contribution in [0.15, 0.2) is 36.5 Å². The van der Waals surface area contributed by atoms with E-state index in [4.69, 9.17) is 4.74 Å². The molecule has 0 unspecified atom stereocenters. The molecule has 0 aliphatic heterocycles. The van der Waals surface area contributed by atoms with E-state index in [0.29, 0.717) is 11.9 Å². The van der Waals surface area contributed by atoms with E-state index in [1.54, 1.807) is 18.3 Å². The Balaban J connectivity index is 1.73. The fraction of sp³-hybridized carbons (Fsp3) is 0.235. The maximum absolute atomic E-state index is 13.5. The average molecular weight is 349 g/mol. The highest BCUT2D eigenvalue weighted by Crippen LogP contribution is 2.09. The van der Waals surface area contributed by atoms with E-state index in [2.05, 4.69) is 15.6 Å². The van der Waals surface area contributed by atoms with Crippen LogP contribution >= 0.6 is 0 Å². The van der Waals surface area contributed by atoms with Gasteiger partial charge in [-0.3, -0.25) is 9.59 Å². The number of pyridine rings is 1. The summed E-state index contributed by atoms with van der Waals surface area (Å²) in [7, 11) is 1.51. The Labute approximate surface area is 143 Å². The SMILES string of the molecule is COc1ccc(CNC(=O)CCNC(=O)c2ccc(F)cc2F)cn1. The Morgan fingerprint density at radius 1 is 1.16 bits per heavy atom. The Morgan fingerprint density at radius 2 is 1.96 bits per heavy atom. The van der Waals surface area contributed by atoms with Crippen molar-refractivity contribution in [1.82, 2.24) is 15.6 Å². The minimum Gasteiger partial charge on any atom is -0.481 e. The van der Waals surface area contributed by atoms with Crippen molar-refractivity contribution in [3.05, 3.63) is 59.3 Å². The molecule has 0 aliphatic rings. The minimum absolute atomic E-state index is 0.0259. The molecule has 1 aromatic carbocycles. The number of benzene rings is 1. The maximum Gasteiger partial charge on any atom is 0.254 e. The van der Waals surface area contributed by atoms with E-state index < -0.39 is 17.5 Å². The second-order valence-corrected chi connectivity index (χ2v) is 5.12. The van der Waals surface area contributed by atoms with Crippen LogP contribution in [0.2, 0.25) is 0 Å². The van der Waals surface area contributed by atoms with E-state index >= 15 is 0 Å². The van der Waals surface area contributed by atoms with Crippen LogP contribution in [-0.4, -0.2) is 30.5 Å². The van der Waals surface area contributed by atoms with Gasteiger partial charge in [0.15, 0.2) is 0 Å². The first-order valence-corrected chi connectivity index (χ1v) is 7.48. The monoisotopic (exact) mass is 349 g/mol. The predicted molar refractivity (Wildman–Crippen MR) is 85.9 cm³/mol. The van der Waals surface area contributed by atoms with Gasteiger partial charge < -0.3 is 15.4 Å². The summed E-state index contributed by atoms with van der Waals surface area (Å²) >= 11 is 0. The van der Waals surface area contributed by atoms with Gasteiger partial charge in [-0.1, -0.05) is 6.07 Å². The number of carbonyl (C=O) groups is 2. The van der Waals surface area contributed by atoms with Crippen molar-refractivity contribution < 1.29 is 23.1 Å². The van der Waals surface area contributed by atoms with Crippen LogP contribution in [0.4, 0.5) is 8.78 Å². The molecule has 132 valence electrons. The van der Waals surface area contributed by atoms with Crippen molar-refractivity contribution in [1.29, 1.82) is 0 Å². The highest BCUT2D eigenvalue weighted by molar-refractivity contribution is 5.94. The van der Waals surface area contributed by atoms with Crippen molar-refractivity contribution in [3.8, 4) is 5.88 Å². The van der Waals surface area contributed by atoms with Gasteiger partial charge in [-0.25, -0.2) is 13.8 Å². The van der Waals surface area contributed by atoms with Crippen molar-refractivity contribution >= 4 is 11.8 Å². The standard InChI is InChI=1S/C17H17F2N3O3/c1-25-16-5-2-11(10-22-16)9-21-15(23)6-7-20-17(24)13-4-3-12(18)8-14(13)19/h2-5,8,10H,6-7,9H2,1H3,(H,20,24)(H,21,23). The molecule has 2 N–H and O–H groups in total. The van der Waals surface area contributed by atoms with Gasteiger partial charge >= 0.3 is 0 Å². The quantitative estimate of drug-likeness (QED) is 0.799. The fourth-order valence-electron chi connectivity index (χ4n) is 1.98. The van der Waals surface area contributed by atoms with Gasteiger partial charge in [0.05, 0.1) is 12.7 Å². The lowest BCUT2D eigenvalue weighted by molar-refractivity contribution is -0.121. The largest absolute Gasteiger partial charge is 0.481 e.